The van der Waals surface area contributed by atoms with E-state index in [-0.39, 0.29) is 0 Å². The van der Waals surface area contributed by atoms with Crippen molar-refractivity contribution in [2.75, 3.05) is 11.4 Å². The summed E-state index contributed by atoms with van der Waals surface area (Å²) >= 11 is 0. The molecule has 1 N–H and O–H groups in total. The molecule has 6 nitrogen and oxygen atoms in total. The lowest BCUT2D eigenvalue weighted by atomic mass is 10.2. The summed E-state index contributed by atoms with van der Waals surface area (Å²) in [6, 6.07) is 11.0. The molecule has 0 spiro atoms. The maximum absolute atomic E-state index is 11.3. The van der Waals surface area contributed by atoms with Gasteiger partial charge in [0.15, 0.2) is 0 Å². The molecule has 0 bridgehead atoms. The molecule has 0 amide bonds. The van der Waals surface area contributed by atoms with E-state index < -0.39 is 12.0 Å². The van der Waals surface area contributed by atoms with Crippen LogP contribution in [0.4, 0.5) is 5.82 Å². The fourth-order valence-corrected chi connectivity index (χ4v) is 2.60. The van der Waals surface area contributed by atoms with Crippen LogP contribution in [0.3, 0.4) is 0 Å². The Balaban J connectivity index is 1.71. The zero-order valence-corrected chi connectivity index (χ0v) is 12.1. The second kappa shape index (κ2) is 6.43. The van der Waals surface area contributed by atoms with Crippen molar-refractivity contribution in [2.24, 2.45) is 0 Å². The molecular formula is C16H17N3O3. The quantitative estimate of drug-likeness (QED) is 0.911. The van der Waals surface area contributed by atoms with E-state index in [1.54, 1.807) is 11.0 Å². The van der Waals surface area contributed by atoms with E-state index in [4.69, 9.17) is 4.74 Å². The summed E-state index contributed by atoms with van der Waals surface area (Å²) in [5.41, 5.74) is 1.05. The number of carbonyl (C=O) groups is 1. The first-order valence-corrected chi connectivity index (χ1v) is 7.22. The van der Waals surface area contributed by atoms with Crippen LogP contribution >= 0.6 is 0 Å². The van der Waals surface area contributed by atoms with E-state index in [1.807, 2.05) is 30.3 Å². The van der Waals surface area contributed by atoms with Crippen molar-refractivity contribution in [1.29, 1.82) is 0 Å². The molecule has 1 saturated heterocycles. The minimum absolute atomic E-state index is 0.416. The molecule has 1 aromatic heterocycles. The summed E-state index contributed by atoms with van der Waals surface area (Å²) in [6.45, 7) is 1.10. The molecule has 1 aliphatic heterocycles. The normalized spacial score (nSPS) is 17.5. The monoisotopic (exact) mass is 299 g/mol. The van der Waals surface area contributed by atoms with Gasteiger partial charge in [0.25, 0.3) is 0 Å². The van der Waals surface area contributed by atoms with Gasteiger partial charge in [-0.05, 0) is 18.4 Å². The maximum Gasteiger partial charge on any atom is 0.326 e. The Labute approximate surface area is 128 Å². The Bertz CT molecular complexity index is 648. The van der Waals surface area contributed by atoms with Gasteiger partial charge in [-0.3, -0.25) is 0 Å². The molecule has 1 fully saturated rings. The third-order valence-corrected chi connectivity index (χ3v) is 3.69. The highest BCUT2D eigenvalue weighted by molar-refractivity contribution is 5.78. The van der Waals surface area contributed by atoms with Crippen LogP contribution in [0.15, 0.2) is 42.7 Å². The Hall–Kier alpha value is -2.63. The van der Waals surface area contributed by atoms with Crippen LogP contribution in [0, 0.1) is 0 Å². The summed E-state index contributed by atoms with van der Waals surface area (Å²) in [6.07, 6.45) is 2.90. The number of carboxylic acid groups (broad SMARTS) is 1. The van der Waals surface area contributed by atoms with Crippen molar-refractivity contribution in [3.63, 3.8) is 0 Å². The Morgan fingerprint density at radius 2 is 2.14 bits per heavy atom. The summed E-state index contributed by atoms with van der Waals surface area (Å²) in [7, 11) is 0. The number of aliphatic carboxylic acids is 1. The Kier molecular flexibility index (Phi) is 4.18. The topological polar surface area (TPSA) is 75.5 Å². The van der Waals surface area contributed by atoms with Crippen molar-refractivity contribution in [3.05, 3.63) is 48.3 Å². The number of anilines is 1. The summed E-state index contributed by atoms with van der Waals surface area (Å²) in [5.74, 6) is 0.232. The number of nitrogens with zero attached hydrogens (tertiary/aromatic N) is 3. The van der Waals surface area contributed by atoms with Crippen molar-refractivity contribution in [3.8, 4) is 5.88 Å². The van der Waals surface area contributed by atoms with Crippen LogP contribution in [0.5, 0.6) is 5.88 Å². The second-order valence-electron chi connectivity index (χ2n) is 5.18. The fourth-order valence-electron chi connectivity index (χ4n) is 2.60. The first kappa shape index (κ1) is 14.3. The fraction of sp³-hybridized carbons (Fsp3) is 0.312. The van der Waals surface area contributed by atoms with Crippen molar-refractivity contribution >= 4 is 11.8 Å². The molecule has 1 aromatic carbocycles. The molecule has 22 heavy (non-hydrogen) atoms. The van der Waals surface area contributed by atoms with Gasteiger partial charge in [0.2, 0.25) is 5.88 Å². The Morgan fingerprint density at radius 3 is 2.91 bits per heavy atom. The number of hydrogen-bond acceptors (Lipinski definition) is 5. The van der Waals surface area contributed by atoms with Gasteiger partial charge in [-0.15, -0.1) is 0 Å². The highest BCUT2D eigenvalue weighted by atomic mass is 16.5. The molecule has 6 heteroatoms. The second-order valence-corrected chi connectivity index (χ2v) is 5.18. The zero-order chi connectivity index (χ0) is 15.4. The lowest BCUT2D eigenvalue weighted by molar-refractivity contribution is -0.138. The molecule has 114 valence electrons. The van der Waals surface area contributed by atoms with Gasteiger partial charge in [-0.2, -0.15) is 0 Å². The number of carboxylic acids is 1. The number of benzene rings is 1. The van der Waals surface area contributed by atoms with Crippen molar-refractivity contribution in [2.45, 2.75) is 25.5 Å². The standard InChI is InChI=1S/C16H17N3O3/c20-16(21)13-7-4-8-19(13)14-9-15(18-11-17-14)22-10-12-5-2-1-3-6-12/h1-3,5-6,9,11,13H,4,7-8,10H2,(H,20,21). The molecule has 0 radical (unpaired) electrons. The minimum Gasteiger partial charge on any atom is -0.480 e. The third kappa shape index (κ3) is 3.16. The van der Waals surface area contributed by atoms with Crippen LogP contribution in [0.25, 0.3) is 0 Å². The van der Waals surface area contributed by atoms with Gasteiger partial charge in [0, 0.05) is 12.6 Å². The van der Waals surface area contributed by atoms with Gasteiger partial charge >= 0.3 is 5.97 Å². The molecule has 1 atom stereocenters. The lowest BCUT2D eigenvalue weighted by Crippen LogP contribution is -2.36. The van der Waals surface area contributed by atoms with Crippen LogP contribution in [-0.4, -0.2) is 33.6 Å². The van der Waals surface area contributed by atoms with E-state index in [0.717, 1.165) is 12.0 Å². The summed E-state index contributed by atoms with van der Waals surface area (Å²) < 4.78 is 5.66. The van der Waals surface area contributed by atoms with Gasteiger partial charge in [-0.1, -0.05) is 30.3 Å². The smallest absolute Gasteiger partial charge is 0.326 e. The molecule has 2 heterocycles. The van der Waals surface area contributed by atoms with E-state index >= 15 is 0 Å². The van der Waals surface area contributed by atoms with Crippen LogP contribution in [0.2, 0.25) is 0 Å². The molecule has 3 rings (SSSR count). The van der Waals surface area contributed by atoms with Gasteiger partial charge in [0.05, 0.1) is 0 Å². The summed E-state index contributed by atoms with van der Waals surface area (Å²) in [4.78, 5) is 21.3. The Morgan fingerprint density at radius 1 is 1.32 bits per heavy atom. The number of hydrogen-bond donors (Lipinski definition) is 1. The zero-order valence-electron chi connectivity index (χ0n) is 12.1. The largest absolute Gasteiger partial charge is 0.480 e. The molecule has 0 saturated carbocycles. The van der Waals surface area contributed by atoms with Crippen molar-refractivity contribution in [1.82, 2.24) is 9.97 Å². The number of aromatic nitrogens is 2. The van der Waals surface area contributed by atoms with Crippen LogP contribution in [0.1, 0.15) is 18.4 Å². The predicted octanol–water partition coefficient (Wildman–Crippen LogP) is 2.11. The highest BCUT2D eigenvalue weighted by Gasteiger charge is 2.31. The van der Waals surface area contributed by atoms with E-state index in [2.05, 4.69) is 9.97 Å². The van der Waals surface area contributed by atoms with Gasteiger partial charge in [0.1, 0.15) is 24.8 Å². The molecule has 0 aliphatic carbocycles. The highest BCUT2D eigenvalue weighted by Crippen LogP contribution is 2.25. The third-order valence-electron chi connectivity index (χ3n) is 3.69. The molecule has 1 aliphatic rings. The van der Waals surface area contributed by atoms with E-state index in [1.165, 1.54) is 6.33 Å². The van der Waals surface area contributed by atoms with Crippen LogP contribution in [-0.2, 0) is 11.4 Å². The SMILES string of the molecule is O=C(O)C1CCCN1c1cc(OCc2ccccc2)ncn1. The molecular weight excluding hydrogens is 282 g/mol. The average molecular weight is 299 g/mol. The predicted molar refractivity (Wildman–Crippen MR) is 80.8 cm³/mol. The number of rotatable bonds is 5. The van der Waals surface area contributed by atoms with E-state index in [9.17, 15) is 9.90 Å². The van der Waals surface area contributed by atoms with Gasteiger partial charge in [-0.25, -0.2) is 14.8 Å². The van der Waals surface area contributed by atoms with Crippen LogP contribution < -0.4 is 9.64 Å². The van der Waals surface area contributed by atoms with Crippen molar-refractivity contribution < 1.29 is 14.6 Å². The minimum atomic E-state index is -0.817. The summed E-state index contributed by atoms with van der Waals surface area (Å²) in [5, 5.41) is 9.25. The lowest BCUT2D eigenvalue weighted by Gasteiger charge is -2.22. The number of ether oxygens (including phenoxy) is 1. The first-order chi connectivity index (χ1) is 10.7. The molecule has 1 unspecified atom stereocenters. The maximum atomic E-state index is 11.3. The first-order valence-electron chi connectivity index (χ1n) is 7.22. The average Bonchev–Trinajstić information content (AvgIpc) is 3.04. The molecule has 2 aromatic rings. The van der Waals surface area contributed by atoms with Gasteiger partial charge < -0.3 is 14.7 Å². The van der Waals surface area contributed by atoms with E-state index in [0.29, 0.717) is 31.3 Å².